The van der Waals surface area contributed by atoms with E-state index in [-0.39, 0.29) is 29.4 Å². The molecular weight excluding hydrogens is 531 g/mol. The third kappa shape index (κ3) is 6.85. The molecule has 0 amide bonds. The SMILES string of the molecule is CN=C(NCC1CCN(CCOC)CC1)NCC1(c2cccc(Br)c2)CC1.I. The van der Waals surface area contributed by atoms with E-state index in [0.717, 1.165) is 42.6 Å². The van der Waals surface area contributed by atoms with Gasteiger partial charge in [0, 0.05) is 43.7 Å². The fourth-order valence-electron chi connectivity index (χ4n) is 3.89. The van der Waals surface area contributed by atoms with Crippen LogP contribution in [0.15, 0.2) is 33.7 Å². The third-order valence-electron chi connectivity index (χ3n) is 5.99. The smallest absolute Gasteiger partial charge is 0.191 e. The fourth-order valence-corrected chi connectivity index (χ4v) is 4.29. The van der Waals surface area contributed by atoms with Gasteiger partial charge in [0.2, 0.25) is 0 Å². The van der Waals surface area contributed by atoms with Crippen LogP contribution in [-0.4, -0.2) is 64.3 Å². The van der Waals surface area contributed by atoms with Gasteiger partial charge in [-0.3, -0.25) is 4.99 Å². The minimum Gasteiger partial charge on any atom is -0.383 e. The Hall–Kier alpha value is -0.380. The van der Waals surface area contributed by atoms with Crippen LogP contribution < -0.4 is 10.6 Å². The molecule has 1 heterocycles. The number of methoxy groups -OCH3 is 1. The zero-order valence-electron chi connectivity index (χ0n) is 17.0. The van der Waals surface area contributed by atoms with E-state index in [0.29, 0.717) is 0 Å². The molecular formula is C21H34BrIN4O. The molecule has 3 rings (SSSR count). The molecule has 158 valence electrons. The number of guanidine groups is 1. The second-order valence-corrected chi connectivity index (χ2v) is 8.79. The molecule has 1 aromatic rings. The van der Waals surface area contributed by atoms with Crippen LogP contribution in [0.25, 0.3) is 0 Å². The molecule has 7 heteroatoms. The molecule has 1 aromatic carbocycles. The summed E-state index contributed by atoms with van der Waals surface area (Å²) in [7, 11) is 3.64. The maximum Gasteiger partial charge on any atom is 0.191 e. The van der Waals surface area contributed by atoms with Crippen molar-refractivity contribution in [3.8, 4) is 0 Å². The number of nitrogens with zero attached hydrogens (tertiary/aromatic N) is 2. The van der Waals surface area contributed by atoms with Crippen molar-refractivity contribution in [1.82, 2.24) is 15.5 Å². The van der Waals surface area contributed by atoms with Crippen molar-refractivity contribution >= 4 is 45.9 Å². The Bertz CT molecular complexity index is 631. The third-order valence-corrected chi connectivity index (χ3v) is 6.48. The summed E-state index contributed by atoms with van der Waals surface area (Å²) < 4.78 is 6.34. The van der Waals surface area contributed by atoms with E-state index in [9.17, 15) is 0 Å². The standard InChI is InChI=1S/C21H33BrN4O.HI/c1-23-20(24-15-17-6-10-26(11-7-17)12-13-27-2)25-16-21(8-9-21)18-4-3-5-19(22)14-18;/h3-5,14,17H,6-13,15-16H2,1-2H3,(H2,23,24,25);1H. The Balaban J connectivity index is 0.00000280. The lowest BCUT2D eigenvalue weighted by molar-refractivity contribution is 0.121. The number of aliphatic imine (C=N–C) groups is 1. The molecule has 1 saturated carbocycles. The number of ether oxygens (including phenoxy) is 1. The van der Waals surface area contributed by atoms with Gasteiger partial charge in [-0.05, 0) is 62.4 Å². The number of likely N-dealkylation sites (tertiary alicyclic amines) is 1. The van der Waals surface area contributed by atoms with Crippen molar-refractivity contribution in [2.45, 2.75) is 31.1 Å². The van der Waals surface area contributed by atoms with Crippen molar-refractivity contribution in [2.75, 3.05) is 53.5 Å². The molecule has 0 unspecified atom stereocenters. The Morgan fingerprint density at radius 3 is 2.64 bits per heavy atom. The van der Waals surface area contributed by atoms with Crippen molar-refractivity contribution in [3.05, 3.63) is 34.3 Å². The molecule has 1 aliphatic carbocycles. The highest BCUT2D eigenvalue weighted by Crippen LogP contribution is 2.48. The highest BCUT2D eigenvalue weighted by Gasteiger charge is 2.44. The number of hydrogen-bond acceptors (Lipinski definition) is 3. The van der Waals surface area contributed by atoms with Crippen molar-refractivity contribution in [3.63, 3.8) is 0 Å². The van der Waals surface area contributed by atoms with Crippen molar-refractivity contribution < 1.29 is 4.74 Å². The highest BCUT2D eigenvalue weighted by atomic mass is 127. The first-order valence-corrected chi connectivity index (χ1v) is 10.9. The van der Waals surface area contributed by atoms with Gasteiger partial charge < -0.3 is 20.3 Å². The lowest BCUT2D eigenvalue weighted by Gasteiger charge is -2.32. The van der Waals surface area contributed by atoms with E-state index in [1.807, 2.05) is 7.05 Å². The van der Waals surface area contributed by atoms with E-state index in [1.165, 1.54) is 44.3 Å². The van der Waals surface area contributed by atoms with Gasteiger partial charge in [-0.2, -0.15) is 0 Å². The van der Waals surface area contributed by atoms with Gasteiger partial charge >= 0.3 is 0 Å². The molecule has 1 saturated heterocycles. The average Bonchev–Trinajstić information content (AvgIpc) is 3.48. The van der Waals surface area contributed by atoms with E-state index >= 15 is 0 Å². The lowest BCUT2D eigenvalue weighted by atomic mass is 9.96. The van der Waals surface area contributed by atoms with Crippen molar-refractivity contribution in [1.29, 1.82) is 0 Å². The summed E-state index contributed by atoms with van der Waals surface area (Å²) in [6.07, 6.45) is 4.98. The van der Waals surface area contributed by atoms with Gasteiger partial charge in [0.25, 0.3) is 0 Å². The molecule has 28 heavy (non-hydrogen) atoms. The predicted molar refractivity (Wildman–Crippen MR) is 131 cm³/mol. The normalized spacial score (nSPS) is 19.8. The lowest BCUT2D eigenvalue weighted by Crippen LogP contribution is -2.45. The summed E-state index contributed by atoms with van der Waals surface area (Å²) in [5.41, 5.74) is 1.69. The van der Waals surface area contributed by atoms with Gasteiger partial charge in [0.05, 0.1) is 6.61 Å². The number of halogens is 2. The molecule has 0 atom stereocenters. The molecule has 0 spiro atoms. The Morgan fingerprint density at radius 2 is 2.04 bits per heavy atom. The molecule has 2 aliphatic rings. The molecule has 0 aromatic heterocycles. The molecule has 0 bridgehead atoms. The van der Waals surface area contributed by atoms with Crippen LogP contribution in [0.1, 0.15) is 31.2 Å². The van der Waals surface area contributed by atoms with Crippen LogP contribution in [0.3, 0.4) is 0 Å². The summed E-state index contributed by atoms with van der Waals surface area (Å²) >= 11 is 3.60. The largest absolute Gasteiger partial charge is 0.383 e. The van der Waals surface area contributed by atoms with Crippen LogP contribution >= 0.6 is 39.9 Å². The second-order valence-electron chi connectivity index (χ2n) is 7.88. The van der Waals surface area contributed by atoms with Gasteiger partial charge in [-0.1, -0.05) is 28.1 Å². The number of piperidine rings is 1. The highest BCUT2D eigenvalue weighted by molar-refractivity contribution is 14.0. The molecule has 2 fully saturated rings. The zero-order valence-corrected chi connectivity index (χ0v) is 21.0. The van der Waals surface area contributed by atoms with Gasteiger partial charge in [0.1, 0.15) is 0 Å². The molecule has 1 aliphatic heterocycles. The Labute approximate surface area is 195 Å². The molecule has 0 radical (unpaired) electrons. The summed E-state index contributed by atoms with van der Waals surface area (Å²) in [6, 6.07) is 8.72. The number of nitrogens with one attached hydrogen (secondary N) is 2. The predicted octanol–water partition coefficient (Wildman–Crippen LogP) is 3.62. The van der Waals surface area contributed by atoms with Crippen LogP contribution in [0.4, 0.5) is 0 Å². The first kappa shape index (κ1) is 23.9. The van der Waals surface area contributed by atoms with E-state index < -0.39 is 0 Å². The number of hydrogen-bond donors (Lipinski definition) is 2. The monoisotopic (exact) mass is 564 g/mol. The van der Waals surface area contributed by atoms with Crippen LogP contribution in [0.5, 0.6) is 0 Å². The minimum absolute atomic E-state index is 0. The summed E-state index contributed by atoms with van der Waals surface area (Å²) in [5.74, 6) is 1.65. The Kier molecular flexibility index (Phi) is 10.00. The maximum absolute atomic E-state index is 5.18. The minimum atomic E-state index is 0. The van der Waals surface area contributed by atoms with Crippen LogP contribution in [0.2, 0.25) is 0 Å². The average molecular weight is 565 g/mol. The van der Waals surface area contributed by atoms with Crippen LogP contribution in [-0.2, 0) is 10.2 Å². The zero-order chi connectivity index (χ0) is 19.1. The molecule has 2 N–H and O–H groups in total. The van der Waals surface area contributed by atoms with E-state index in [1.54, 1.807) is 7.11 Å². The number of rotatable bonds is 8. The van der Waals surface area contributed by atoms with Gasteiger partial charge in [-0.25, -0.2) is 0 Å². The first-order valence-electron chi connectivity index (χ1n) is 10.1. The number of benzene rings is 1. The van der Waals surface area contributed by atoms with Crippen molar-refractivity contribution in [2.24, 2.45) is 10.9 Å². The topological polar surface area (TPSA) is 48.9 Å². The van der Waals surface area contributed by atoms with Gasteiger partial charge in [-0.15, -0.1) is 24.0 Å². The maximum atomic E-state index is 5.18. The van der Waals surface area contributed by atoms with E-state index in [4.69, 9.17) is 4.74 Å². The summed E-state index contributed by atoms with van der Waals surface area (Å²) in [4.78, 5) is 6.93. The molecule has 5 nitrogen and oxygen atoms in total. The summed E-state index contributed by atoms with van der Waals surface area (Å²) in [5, 5.41) is 7.11. The Morgan fingerprint density at radius 1 is 1.29 bits per heavy atom. The van der Waals surface area contributed by atoms with E-state index in [2.05, 4.69) is 60.7 Å². The first-order chi connectivity index (χ1) is 13.1. The second kappa shape index (κ2) is 11.7. The van der Waals surface area contributed by atoms with Crippen LogP contribution in [0, 0.1) is 5.92 Å². The van der Waals surface area contributed by atoms with Gasteiger partial charge in [0.15, 0.2) is 5.96 Å². The fraction of sp³-hybridized carbons (Fsp3) is 0.667. The summed E-state index contributed by atoms with van der Waals surface area (Å²) in [6.45, 7) is 6.18. The quantitative estimate of drug-likeness (QED) is 0.288.